The molecule has 3 aromatic rings. The SMILES string of the molecule is CC(C)Nc1ccc(-c2nc(C3(c4cnccn4)CCCC3)no2)cn1. The Morgan fingerprint density at radius 1 is 1.08 bits per heavy atom. The number of pyridine rings is 1. The van der Waals surface area contributed by atoms with Crippen LogP contribution in [0.1, 0.15) is 51.0 Å². The van der Waals surface area contributed by atoms with Gasteiger partial charge in [0.1, 0.15) is 5.82 Å². The molecule has 3 aromatic heterocycles. The fourth-order valence-electron chi connectivity index (χ4n) is 3.56. The van der Waals surface area contributed by atoms with Gasteiger partial charge in [0.15, 0.2) is 5.82 Å². The van der Waals surface area contributed by atoms with Crippen LogP contribution < -0.4 is 5.32 Å². The molecule has 3 heterocycles. The van der Waals surface area contributed by atoms with E-state index in [-0.39, 0.29) is 5.41 Å². The lowest BCUT2D eigenvalue weighted by molar-refractivity contribution is 0.391. The maximum atomic E-state index is 5.56. The first-order valence-electron chi connectivity index (χ1n) is 9.01. The summed E-state index contributed by atoms with van der Waals surface area (Å²) in [7, 11) is 0. The van der Waals surface area contributed by atoms with Gasteiger partial charge in [0.2, 0.25) is 0 Å². The quantitative estimate of drug-likeness (QED) is 0.752. The summed E-state index contributed by atoms with van der Waals surface area (Å²) >= 11 is 0. The summed E-state index contributed by atoms with van der Waals surface area (Å²) in [6.45, 7) is 4.15. The van der Waals surface area contributed by atoms with Crippen molar-refractivity contribution < 1.29 is 4.52 Å². The number of nitrogens with one attached hydrogen (secondary N) is 1. The Kier molecular flexibility index (Phi) is 4.36. The van der Waals surface area contributed by atoms with E-state index in [4.69, 9.17) is 9.51 Å². The number of nitrogens with zero attached hydrogens (tertiary/aromatic N) is 5. The Bertz CT molecular complexity index is 853. The van der Waals surface area contributed by atoms with E-state index in [1.165, 1.54) is 0 Å². The van der Waals surface area contributed by atoms with Crippen molar-refractivity contribution in [1.82, 2.24) is 25.1 Å². The Balaban J connectivity index is 1.65. The zero-order chi connectivity index (χ0) is 18.0. The minimum absolute atomic E-state index is 0.303. The minimum atomic E-state index is -0.303. The molecular weight excluding hydrogens is 328 g/mol. The van der Waals surface area contributed by atoms with Gasteiger partial charge in [-0.15, -0.1) is 0 Å². The zero-order valence-electron chi connectivity index (χ0n) is 15.0. The van der Waals surface area contributed by atoms with Crippen LogP contribution in [0.2, 0.25) is 0 Å². The second-order valence-electron chi connectivity index (χ2n) is 7.03. The molecule has 4 rings (SSSR count). The van der Waals surface area contributed by atoms with Crippen molar-refractivity contribution in [3.63, 3.8) is 0 Å². The van der Waals surface area contributed by atoms with E-state index in [9.17, 15) is 0 Å². The van der Waals surface area contributed by atoms with Crippen LogP contribution in [-0.4, -0.2) is 31.1 Å². The van der Waals surface area contributed by atoms with Crippen molar-refractivity contribution in [1.29, 1.82) is 0 Å². The highest BCUT2D eigenvalue weighted by Crippen LogP contribution is 2.44. The highest BCUT2D eigenvalue weighted by atomic mass is 16.5. The molecule has 1 aliphatic rings. The molecule has 26 heavy (non-hydrogen) atoms. The van der Waals surface area contributed by atoms with E-state index in [0.717, 1.165) is 42.8 Å². The molecule has 0 aromatic carbocycles. The smallest absolute Gasteiger partial charge is 0.259 e. The maximum absolute atomic E-state index is 5.56. The molecule has 0 amide bonds. The second kappa shape index (κ2) is 6.82. The summed E-state index contributed by atoms with van der Waals surface area (Å²) < 4.78 is 5.56. The molecule has 0 saturated heterocycles. The van der Waals surface area contributed by atoms with Crippen molar-refractivity contribution in [2.75, 3.05) is 5.32 Å². The highest BCUT2D eigenvalue weighted by Gasteiger charge is 2.43. The van der Waals surface area contributed by atoms with Gasteiger partial charge in [-0.2, -0.15) is 4.98 Å². The molecule has 0 atom stereocenters. The summed E-state index contributed by atoms with van der Waals surface area (Å²) in [4.78, 5) is 17.9. The van der Waals surface area contributed by atoms with Crippen LogP contribution in [0.15, 0.2) is 41.4 Å². The van der Waals surface area contributed by atoms with E-state index in [1.54, 1.807) is 18.6 Å². The summed E-state index contributed by atoms with van der Waals surface area (Å²) in [6.07, 6.45) is 11.1. The molecule has 1 aliphatic carbocycles. The van der Waals surface area contributed by atoms with Crippen molar-refractivity contribution in [3.05, 3.63) is 48.4 Å². The third kappa shape index (κ3) is 3.05. The molecule has 0 spiro atoms. The molecule has 1 fully saturated rings. The molecule has 0 aliphatic heterocycles. The summed E-state index contributed by atoms with van der Waals surface area (Å²) in [6, 6.07) is 4.20. The first kappa shape index (κ1) is 16.6. The number of rotatable bonds is 5. The van der Waals surface area contributed by atoms with Crippen LogP contribution >= 0.6 is 0 Å². The van der Waals surface area contributed by atoms with Gasteiger partial charge in [-0.05, 0) is 38.8 Å². The van der Waals surface area contributed by atoms with Gasteiger partial charge < -0.3 is 9.84 Å². The van der Waals surface area contributed by atoms with E-state index in [1.807, 2.05) is 18.3 Å². The highest BCUT2D eigenvalue weighted by molar-refractivity contribution is 5.54. The van der Waals surface area contributed by atoms with E-state index < -0.39 is 0 Å². The van der Waals surface area contributed by atoms with Crippen molar-refractivity contribution >= 4 is 5.82 Å². The summed E-state index contributed by atoms with van der Waals surface area (Å²) in [5, 5.41) is 7.56. The van der Waals surface area contributed by atoms with Crippen LogP contribution in [0, 0.1) is 0 Å². The topological polar surface area (TPSA) is 89.6 Å². The average Bonchev–Trinajstić information content (AvgIpc) is 3.33. The number of hydrogen-bond donors (Lipinski definition) is 1. The Hall–Kier alpha value is -2.83. The predicted octanol–water partition coefficient (Wildman–Crippen LogP) is 3.60. The molecule has 1 saturated carbocycles. The van der Waals surface area contributed by atoms with Crippen LogP contribution in [0.4, 0.5) is 5.82 Å². The standard InChI is InChI=1S/C19H22N6O/c1-13(2)23-16-6-5-14(11-22-16)17-24-18(25-26-17)19(7-3-4-8-19)15-12-20-9-10-21-15/h5-6,9-13H,3-4,7-8H2,1-2H3,(H,22,23). The van der Waals surface area contributed by atoms with E-state index in [2.05, 4.69) is 39.3 Å². The van der Waals surface area contributed by atoms with Gasteiger partial charge in [-0.1, -0.05) is 18.0 Å². The monoisotopic (exact) mass is 350 g/mol. The van der Waals surface area contributed by atoms with Crippen LogP contribution in [0.5, 0.6) is 0 Å². The lowest BCUT2D eigenvalue weighted by atomic mass is 9.82. The van der Waals surface area contributed by atoms with Crippen molar-refractivity contribution in [2.24, 2.45) is 0 Å². The van der Waals surface area contributed by atoms with Gasteiger partial charge >= 0.3 is 0 Å². The van der Waals surface area contributed by atoms with Gasteiger partial charge in [0.25, 0.3) is 5.89 Å². The van der Waals surface area contributed by atoms with Crippen molar-refractivity contribution in [2.45, 2.75) is 51.0 Å². The third-order valence-corrected chi connectivity index (χ3v) is 4.81. The molecular formula is C19H22N6O. The molecule has 7 nitrogen and oxygen atoms in total. The zero-order valence-corrected chi connectivity index (χ0v) is 15.0. The predicted molar refractivity (Wildman–Crippen MR) is 97.6 cm³/mol. The first-order chi connectivity index (χ1) is 12.7. The van der Waals surface area contributed by atoms with Gasteiger partial charge in [-0.25, -0.2) is 4.98 Å². The minimum Gasteiger partial charge on any atom is -0.368 e. The van der Waals surface area contributed by atoms with Crippen LogP contribution in [0.3, 0.4) is 0 Å². The van der Waals surface area contributed by atoms with Gasteiger partial charge in [0, 0.05) is 30.8 Å². The largest absolute Gasteiger partial charge is 0.368 e. The number of hydrogen-bond acceptors (Lipinski definition) is 7. The Labute approximate surface area is 152 Å². The number of aromatic nitrogens is 5. The van der Waals surface area contributed by atoms with Crippen LogP contribution in [-0.2, 0) is 5.41 Å². The molecule has 134 valence electrons. The lowest BCUT2D eigenvalue weighted by Crippen LogP contribution is -2.26. The summed E-state index contributed by atoms with van der Waals surface area (Å²) in [5.41, 5.74) is 1.42. The molecule has 0 radical (unpaired) electrons. The van der Waals surface area contributed by atoms with Gasteiger partial charge in [0.05, 0.1) is 16.7 Å². The molecule has 7 heteroatoms. The molecule has 0 unspecified atom stereocenters. The van der Waals surface area contributed by atoms with Gasteiger partial charge in [-0.3, -0.25) is 9.97 Å². The fourth-order valence-corrected chi connectivity index (χ4v) is 3.56. The first-order valence-corrected chi connectivity index (χ1v) is 9.01. The normalized spacial score (nSPS) is 16.1. The van der Waals surface area contributed by atoms with E-state index in [0.29, 0.717) is 17.8 Å². The van der Waals surface area contributed by atoms with E-state index >= 15 is 0 Å². The third-order valence-electron chi connectivity index (χ3n) is 4.81. The molecule has 1 N–H and O–H groups in total. The summed E-state index contributed by atoms with van der Waals surface area (Å²) in [5.74, 6) is 2.00. The second-order valence-corrected chi connectivity index (χ2v) is 7.03. The Morgan fingerprint density at radius 3 is 2.58 bits per heavy atom. The lowest BCUT2D eigenvalue weighted by Gasteiger charge is -2.23. The van der Waals surface area contributed by atoms with Crippen molar-refractivity contribution in [3.8, 4) is 11.5 Å². The average molecular weight is 350 g/mol. The fraction of sp³-hybridized carbons (Fsp3) is 0.421. The maximum Gasteiger partial charge on any atom is 0.259 e. The molecule has 0 bridgehead atoms. The number of anilines is 1. The van der Waals surface area contributed by atoms with Crippen LogP contribution in [0.25, 0.3) is 11.5 Å². The Morgan fingerprint density at radius 2 is 1.92 bits per heavy atom.